The molecule has 0 bridgehead atoms. The molecule has 0 radical (unpaired) electrons. The Kier molecular flexibility index (Phi) is 3.82. The Morgan fingerprint density at radius 3 is 2.82 bits per heavy atom. The molecular weight excluding hydrogens is 284 g/mol. The zero-order valence-electron chi connectivity index (χ0n) is 12.3. The quantitative estimate of drug-likeness (QED) is 0.934. The number of nitrogens with zero attached hydrogens (tertiary/aromatic N) is 1. The van der Waals surface area contributed by atoms with Gasteiger partial charge in [0.1, 0.15) is 17.9 Å². The van der Waals surface area contributed by atoms with Crippen LogP contribution in [0.5, 0.6) is 17.5 Å². The van der Waals surface area contributed by atoms with Crippen LogP contribution >= 0.6 is 0 Å². The predicted octanol–water partition coefficient (Wildman–Crippen LogP) is 1.96. The number of para-hydroxylation sites is 1. The smallest absolute Gasteiger partial charge is 0.257 e. The Balaban J connectivity index is 1.81. The fourth-order valence-corrected chi connectivity index (χ4v) is 2.38. The molecule has 1 unspecified atom stereocenters. The van der Waals surface area contributed by atoms with Crippen LogP contribution in [0.15, 0.2) is 36.4 Å². The molecule has 1 amide bonds. The molecule has 0 fully saturated rings. The highest BCUT2D eigenvalue weighted by Gasteiger charge is 2.26. The van der Waals surface area contributed by atoms with E-state index in [1.54, 1.807) is 12.1 Å². The molecule has 1 aliphatic rings. The summed E-state index contributed by atoms with van der Waals surface area (Å²) in [7, 11) is 2.97. The summed E-state index contributed by atoms with van der Waals surface area (Å²) in [6.07, 6.45) is 0. The second-order valence-corrected chi connectivity index (χ2v) is 4.79. The van der Waals surface area contributed by atoms with Crippen LogP contribution in [-0.2, 0) is 0 Å². The molecule has 0 aliphatic carbocycles. The molecular formula is C16H16N2O4. The van der Waals surface area contributed by atoms with E-state index >= 15 is 0 Å². The number of benzene rings is 1. The topological polar surface area (TPSA) is 69.7 Å². The van der Waals surface area contributed by atoms with Crippen molar-refractivity contribution in [2.24, 2.45) is 0 Å². The number of fused-ring (bicyclic) bond motifs is 1. The number of rotatable bonds is 4. The highest BCUT2D eigenvalue weighted by atomic mass is 16.5. The maximum atomic E-state index is 12.5. The van der Waals surface area contributed by atoms with Crippen LogP contribution in [0.4, 0.5) is 0 Å². The van der Waals surface area contributed by atoms with Gasteiger partial charge in [0.05, 0.1) is 20.3 Å². The van der Waals surface area contributed by atoms with E-state index < -0.39 is 0 Å². The standard InChI is InChI=1S/C16H16N2O4/c1-20-14-8-7-11(16(18-14)21-2)15(19)17-12-9-22-13-6-4-3-5-10(12)13/h3-8,12H,9H2,1-2H3,(H,17,19). The van der Waals surface area contributed by atoms with Gasteiger partial charge in [0.15, 0.2) is 0 Å². The summed E-state index contributed by atoms with van der Waals surface area (Å²) in [5, 5.41) is 2.94. The summed E-state index contributed by atoms with van der Waals surface area (Å²) in [5.74, 6) is 1.15. The van der Waals surface area contributed by atoms with Gasteiger partial charge in [-0.1, -0.05) is 18.2 Å². The van der Waals surface area contributed by atoms with E-state index in [2.05, 4.69) is 10.3 Å². The molecule has 114 valence electrons. The molecule has 6 nitrogen and oxygen atoms in total. The van der Waals surface area contributed by atoms with Crippen LogP contribution in [0.3, 0.4) is 0 Å². The fourth-order valence-electron chi connectivity index (χ4n) is 2.38. The number of hydrogen-bond donors (Lipinski definition) is 1. The minimum absolute atomic E-state index is 0.185. The highest BCUT2D eigenvalue weighted by Crippen LogP contribution is 2.32. The third kappa shape index (κ3) is 2.55. The van der Waals surface area contributed by atoms with Crippen LogP contribution in [0, 0.1) is 0 Å². The van der Waals surface area contributed by atoms with Crippen molar-refractivity contribution in [3.05, 3.63) is 47.5 Å². The zero-order chi connectivity index (χ0) is 15.5. The molecule has 1 aromatic heterocycles. The van der Waals surface area contributed by atoms with Crippen molar-refractivity contribution in [2.75, 3.05) is 20.8 Å². The predicted molar refractivity (Wildman–Crippen MR) is 79.5 cm³/mol. The first-order valence-corrected chi connectivity index (χ1v) is 6.84. The highest BCUT2D eigenvalue weighted by molar-refractivity contribution is 5.96. The minimum Gasteiger partial charge on any atom is -0.491 e. The number of amides is 1. The summed E-state index contributed by atoms with van der Waals surface area (Å²) < 4.78 is 15.7. The van der Waals surface area contributed by atoms with Gasteiger partial charge in [-0.25, -0.2) is 0 Å². The number of hydrogen-bond acceptors (Lipinski definition) is 5. The molecule has 1 atom stereocenters. The first-order chi connectivity index (χ1) is 10.7. The Labute approximate surface area is 128 Å². The summed E-state index contributed by atoms with van der Waals surface area (Å²) in [6, 6.07) is 10.7. The maximum Gasteiger partial charge on any atom is 0.257 e. The SMILES string of the molecule is COc1ccc(C(=O)NC2COc3ccccc32)c(OC)n1. The number of aromatic nitrogens is 1. The van der Waals surface area contributed by atoms with Crippen molar-refractivity contribution in [1.82, 2.24) is 10.3 Å². The fraction of sp³-hybridized carbons (Fsp3) is 0.250. The largest absolute Gasteiger partial charge is 0.491 e. The van der Waals surface area contributed by atoms with E-state index in [0.29, 0.717) is 18.1 Å². The second-order valence-electron chi connectivity index (χ2n) is 4.79. The first kappa shape index (κ1) is 14.2. The number of pyridine rings is 1. The van der Waals surface area contributed by atoms with Gasteiger partial charge in [0.25, 0.3) is 5.91 Å². The van der Waals surface area contributed by atoms with Crippen LogP contribution in [-0.4, -0.2) is 31.7 Å². The van der Waals surface area contributed by atoms with E-state index in [9.17, 15) is 4.79 Å². The molecule has 3 rings (SSSR count). The Hall–Kier alpha value is -2.76. The van der Waals surface area contributed by atoms with Gasteiger partial charge in [-0.2, -0.15) is 4.98 Å². The monoisotopic (exact) mass is 300 g/mol. The number of nitrogens with one attached hydrogen (secondary N) is 1. The average Bonchev–Trinajstić information content (AvgIpc) is 2.97. The molecule has 1 N–H and O–H groups in total. The van der Waals surface area contributed by atoms with Crippen molar-refractivity contribution in [1.29, 1.82) is 0 Å². The molecule has 1 aromatic carbocycles. The van der Waals surface area contributed by atoms with Gasteiger partial charge in [0.2, 0.25) is 11.8 Å². The van der Waals surface area contributed by atoms with Gasteiger partial charge in [0, 0.05) is 11.6 Å². The van der Waals surface area contributed by atoms with E-state index in [1.165, 1.54) is 14.2 Å². The van der Waals surface area contributed by atoms with Gasteiger partial charge < -0.3 is 19.5 Å². The number of ether oxygens (including phenoxy) is 3. The summed E-state index contributed by atoms with van der Waals surface area (Å²) >= 11 is 0. The molecule has 2 aromatic rings. The van der Waals surface area contributed by atoms with Gasteiger partial charge in [-0.15, -0.1) is 0 Å². The van der Waals surface area contributed by atoms with Crippen molar-refractivity contribution in [2.45, 2.75) is 6.04 Å². The van der Waals surface area contributed by atoms with E-state index in [-0.39, 0.29) is 17.8 Å². The van der Waals surface area contributed by atoms with Crippen molar-refractivity contribution >= 4 is 5.91 Å². The molecule has 1 aliphatic heterocycles. The van der Waals surface area contributed by atoms with Crippen LogP contribution < -0.4 is 19.5 Å². The number of carbonyl (C=O) groups is 1. The molecule has 22 heavy (non-hydrogen) atoms. The maximum absolute atomic E-state index is 12.5. The molecule has 2 heterocycles. The zero-order valence-corrected chi connectivity index (χ0v) is 12.3. The Morgan fingerprint density at radius 1 is 1.23 bits per heavy atom. The van der Waals surface area contributed by atoms with Crippen LogP contribution in [0.25, 0.3) is 0 Å². The molecule has 0 saturated carbocycles. The lowest BCUT2D eigenvalue weighted by Gasteiger charge is -2.13. The van der Waals surface area contributed by atoms with Gasteiger partial charge in [-0.05, 0) is 12.1 Å². The Bertz CT molecular complexity index is 702. The third-order valence-corrected chi connectivity index (χ3v) is 3.49. The minimum atomic E-state index is -0.266. The first-order valence-electron chi connectivity index (χ1n) is 6.84. The normalized spacial score (nSPS) is 15.6. The average molecular weight is 300 g/mol. The lowest BCUT2D eigenvalue weighted by Crippen LogP contribution is -2.29. The van der Waals surface area contributed by atoms with Gasteiger partial charge in [-0.3, -0.25) is 4.79 Å². The van der Waals surface area contributed by atoms with E-state index in [1.807, 2.05) is 24.3 Å². The number of methoxy groups -OCH3 is 2. The van der Waals surface area contributed by atoms with Crippen molar-refractivity contribution in [3.8, 4) is 17.5 Å². The lowest BCUT2D eigenvalue weighted by atomic mass is 10.1. The van der Waals surface area contributed by atoms with Crippen LogP contribution in [0.2, 0.25) is 0 Å². The van der Waals surface area contributed by atoms with Crippen molar-refractivity contribution < 1.29 is 19.0 Å². The summed E-state index contributed by atoms with van der Waals surface area (Å²) in [6.45, 7) is 0.414. The summed E-state index contributed by atoms with van der Waals surface area (Å²) in [5.41, 5.74) is 1.32. The van der Waals surface area contributed by atoms with Crippen LogP contribution in [0.1, 0.15) is 22.0 Å². The summed E-state index contributed by atoms with van der Waals surface area (Å²) in [4.78, 5) is 16.6. The van der Waals surface area contributed by atoms with Crippen molar-refractivity contribution in [3.63, 3.8) is 0 Å². The molecule has 0 spiro atoms. The third-order valence-electron chi connectivity index (χ3n) is 3.49. The van der Waals surface area contributed by atoms with E-state index in [0.717, 1.165) is 11.3 Å². The molecule has 0 saturated heterocycles. The Morgan fingerprint density at radius 2 is 2.05 bits per heavy atom. The molecule has 6 heteroatoms. The number of carbonyl (C=O) groups excluding carboxylic acids is 1. The lowest BCUT2D eigenvalue weighted by molar-refractivity contribution is 0.0926. The second kappa shape index (κ2) is 5.93. The van der Waals surface area contributed by atoms with E-state index in [4.69, 9.17) is 14.2 Å². The van der Waals surface area contributed by atoms with Gasteiger partial charge >= 0.3 is 0 Å².